The van der Waals surface area contributed by atoms with Crippen molar-refractivity contribution in [2.24, 2.45) is 0 Å². The summed E-state index contributed by atoms with van der Waals surface area (Å²) in [6.07, 6.45) is 1.64. The number of rotatable bonds is 4. The second-order valence-corrected chi connectivity index (χ2v) is 4.97. The van der Waals surface area contributed by atoms with Gasteiger partial charge in [-0.05, 0) is 32.4 Å². The molecule has 1 aromatic rings. The van der Waals surface area contributed by atoms with Crippen LogP contribution >= 0.6 is 0 Å². The molecule has 4 nitrogen and oxygen atoms in total. The third-order valence-corrected chi connectivity index (χ3v) is 3.03. The van der Waals surface area contributed by atoms with Crippen LogP contribution in [0, 0.1) is 0 Å². The number of hydrogen-bond donors (Lipinski definition) is 1. The fourth-order valence-corrected chi connectivity index (χ4v) is 2.32. The second-order valence-electron chi connectivity index (χ2n) is 4.97. The zero-order chi connectivity index (χ0) is 13.0. The van der Waals surface area contributed by atoms with Gasteiger partial charge in [0.2, 0.25) is 0 Å². The molecule has 2 heterocycles. The van der Waals surface area contributed by atoms with Gasteiger partial charge in [0.1, 0.15) is 11.6 Å². The summed E-state index contributed by atoms with van der Waals surface area (Å²) in [7, 11) is 0. The minimum absolute atomic E-state index is 0.266. The number of nitrogens with zero attached hydrogens (tertiary/aromatic N) is 2. The van der Waals surface area contributed by atoms with Crippen LogP contribution in [0.2, 0.25) is 0 Å². The molecule has 0 radical (unpaired) electrons. The van der Waals surface area contributed by atoms with Gasteiger partial charge in [-0.25, -0.2) is 4.98 Å². The summed E-state index contributed by atoms with van der Waals surface area (Å²) in [6.45, 7) is 9.17. The van der Waals surface area contributed by atoms with Gasteiger partial charge in [0.05, 0.1) is 12.2 Å². The fourth-order valence-electron chi connectivity index (χ4n) is 2.32. The molecule has 1 aliphatic heterocycles. The maximum Gasteiger partial charge on any atom is 0.131 e. The van der Waals surface area contributed by atoms with Crippen LogP contribution in [-0.4, -0.2) is 36.8 Å². The molecule has 1 aliphatic rings. The molecular formula is C14H23N3O. The third-order valence-electron chi connectivity index (χ3n) is 3.03. The predicted molar refractivity (Wildman–Crippen MR) is 75.2 cm³/mol. The van der Waals surface area contributed by atoms with Crippen molar-refractivity contribution >= 4 is 11.6 Å². The highest BCUT2D eigenvalue weighted by Crippen LogP contribution is 2.19. The average molecular weight is 249 g/mol. The number of anilines is 2. The van der Waals surface area contributed by atoms with Gasteiger partial charge in [0.15, 0.2) is 0 Å². The van der Waals surface area contributed by atoms with Crippen molar-refractivity contribution in [2.45, 2.75) is 39.4 Å². The molecule has 0 saturated carbocycles. The molecule has 1 N–H and O–H groups in total. The Morgan fingerprint density at radius 1 is 1.33 bits per heavy atom. The summed E-state index contributed by atoms with van der Waals surface area (Å²) in [5.74, 6) is 2.00. The first-order valence-corrected chi connectivity index (χ1v) is 6.80. The first kappa shape index (κ1) is 13.1. The van der Waals surface area contributed by atoms with Gasteiger partial charge in [-0.1, -0.05) is 13.0 Å². The summed E-state index contributed by atoms with van der Waals surface area (Å²) in [5.41, 5.74) is 0. The van der Waals surface area contributed by atoms with E-state index in [4.69, 9.17) is 4.74 Å². The lowest BCUT2D eigenvalue weighted by Gasteiger charge is -2.36. The minimum atomic E-state index is 0.266. The molecule has 2 unspecified atom stereocenters. The fraction of sp³-hybridized carbons (Fsp3) is 0.643. The van der Waals surface area contributed by atoms with Crippen molar-refractivity contribution in [1.82, 2.24) is 4.98 Å². The first-order chi connectivity index (χ1) is 8.69. The number of ether oxygens (including phenoxy) is 1. The molecule has 1 saturated heterocycles. The van der Waals surface area contributed by atoms with Crippen LogP contribution in [-0.2, 0) is 4.74 Å². The van der Waals surface area contributed by atoms with E-state index in [1.165, 1.54) is 0 Å². The Bertz CT molecular complexity index is 373. The van der Waals surface area contributed by atoms with E-state index < -0.39 is 0 Å². The quantitative estimate of drug-likeness (QED) is 0.889. The Morgan fingerprint density at radius 2 is 2.06 bits per heavy atom. The third kappa shape index (κ3) is 3.35. The molecule has 0 spiro atoms. The van der Waals surface area contributed by atoms with E-state index in [1.54, 1.807) is 0 Å². The Balaban J connectivity index is 2.07. The number of morpholine rings is 1. The van der Waals surface area contributed by atoms with Crippen LogP contribution in [0.25, 0.3) is 0 Å². The Labute approximate surface area is 109 Å². The maximum absolute atomic E-state index is 5.75. The van der Waals surface area contributed by atoms with Crippen molar-refractivity contribution in [3.63, 3.8) is 0 Å². The monoisotopic (exact) mass is 249 g/mol. The number of aromatic nitrogens is 1. The van der Waals surface area contributed by atoms with Crippen molar-refractivity contribution in [3.8, 4) is 0 Å². The topological polar surface area (TPSA) is 37.4 Å². The molecular weight excluding hydrogens is 226 g/mol. The van der Waals surface area contributed by atoms with E-state index in [9.17, 15) is 0 Å². The van der Waals surface area contributed by atoms with E-state index in [1.807, 2.05) is 6.07 Å². The smallest absolute Gasteiger partial charge is 0.131 e. The normalized spacial score (nSPS) is 24.1. The summed E-state index contributed by atoms with van der Waals surface area (Å²) in [4.78, 5) is 6.96. The molecule has 2 rings (SSSR count). The average Bonchev–Trinajstić information content (AvgIpc) is 2.35. The maximum atomic E-state index is 5.75. The van der Waals surface area contributed by atoms with Gasteiger partial charge in [-0.3, -0.25) is 0 Å². The standard InChI is InChI=1S/C14H23N3O/c1-4-8-15-13-6-5-7-14(16-13)17-9-11(2)18-12(3)10-17/h5-7,11-12H,4,8-10H2,1-3H3,(H,15,16). The zero-order valence-corrected chi connectivity index (χ0v) is 11.5. The number of pyridine rings is 1. The van der Waals surface area contributed by atoms with Crippen molar-refractivity contribution in [2.75, 3.05) is 29.9 Å². The van der Waals surface area contributed by atoms with Gasteiger partial charge in [0, 0.05) is 19.6 Å². The highest BCUT2D eigenvalue weighted by atomic mass is 16.5. The predicted octanol–water partition coefficient (Wildman–Crippen LogP) is 2.52. The van der Waals surface area contributed by atoms with Crippen LogP contribution in [0.5, 0.6) is 0 Å². The summed E-state index contributed by atoms with van der Waals surface area (Å²) in [6, 6.07) is 6.15. The Kier molecular flexibility index (Phi) is 4.42. The minimum Gasteiger partial charge on any atom is -0.372 e. The SMILES string of the molecule is CCCNc1cccc(N2CC(C)OC(C)C2)n1. The number of nitrogens with one attached hydrogen (secondary N) is 1. The van der Waals surface area contributed by atoms with Gasteiger partial charge in [0.25, 0.3) is 0 Å². The molecule has 0 amide bonds. The van der Waals surface area contributed by atoms with Crippen LogP contribution < -0.4 is 10.2 Å². The van der Waals surface area contributed by atoms with E-state index in [2.05, 4.69) is 48.1 Å². The molecule has 0 bridgehead atoms. The molecule has 4 heteroatoms. The highest BCUT2D eigenvalue weighted by Gasteiger charge is 2.23. The van der Waals surface area contributed by atoms with E-state index in [-0.39, 0.29) is 12.2 Å². The van der Waals surface area contributed by atoms with Crippen LogP contribution in [0.3, 0.4) is 0 Å². The van der Waals surface area contributed by atoms with Crippen molar-refractivity contribution in [3.05, 3.63) is 18.2 Å². The molecule has 0 aliphatic carbocycles. The lowest BCUT2D eigenvalue weighted by Crippen LogP contribution is -2.45. The summed E-state index contributed by atoms with van der Waals surface area (Å²) < 4.78 is 5.75. The van der Waals surface area contributed by atoms with Gasteiger partial charge < -0.3 is 15.0 Å². The summed E-state index contributed by atoms with van der Waals surface area (Å²) >= 11 is 0. The molecule has 1 fully saturated rings. The lowest BCUT2D eigenvalue weighted by atomic mass is 10.2. The van der Waals surface area contributed by atoms with Crippen LogP contribution in [0.4, 0.5) is 11.6 Å². The van der Waals surface area contributed by atoms with Crippen molar-refractivity contribution < 1.29 is 4.74 Å². The zero-order valence-electron chi connectivity index (χ0n) is 11.5. The first-order valence-electron chi connectivity index (χ1n) is 6.80. The molecule has 100 valence electrons. The lowest BCUT2D eigenvalue weighted by molar-refractivity contribution is -0.00545. The molecule has 0 aromatic carbocycles. The Morgan fingerprint density at radius 3 is 2.72 bits per heavy atom. The second kappa shape index (κ2) is 6.05. The molecule has 1 aromatic heterocycles. The molecule has 18 heavy (non-hydrogen) atoms. The van der Waals surface area contributed by atoms with Gasteiger partial charge in [-0.15, -0.1) is 0 Å². The largest absolute Gasteiger partial charge is 0.372 e. The summed E-state index contributed by atoms with van der Waals surface area (Å²) in [5, 5.41) is 3.33. The highest BCUT2D eigenvalue weighted by molar-refractivity contribution is 5.47. The van der Waals surface area contributed by atoms with Crippen molar-refractivity contribution in [1.29, 1.82) is 0 Å². The van der Waals surface area contributed by atoms with E-state index in [0.29, 0.717) is 0 Å². The van der Waals surface area contributed by atoms with Crippen LogP contribution in [0.1, 0.15) is 27.2 Å². The van der Waals surface area contributed by atoms with E-state index in [0.717, 1.165) is 37.7 Å². The van der Waals surface area contributed by atoms with E-state index >= 15 is 0 Å². The van der Waals surface area contributed by atoms with Crippen LogP contribution in [0.15, 0.2) is 18.2 Å². The Hall–Kier alpha value is -1.29. The number of hydrogen-bond acceptors (Lipinski definition) is 4. The van der Waals surface area contributed by atoms with Gasteiger partial charge in [-0.2, -0.15) is 0 Å². The molecule has 2 atom stereocenters. The van der Waals surface area contributed by atoms with Gasteiger partial charge >= 0.3 is 0 Å².